The first-order chi connectivity index (χ1) is 12.7. The molecule has 5 heteroatoms. The number of para-hydroxylation sites is 1. The number of nitrogens with one attached hydrogen (secondary N) is 1. The summed E-state index contributed by atoms with van der Waals surface area (Å²) in [6, 6.07) is 20.1. The van der Waals surface area contributed by atoms with Gasteiger partial charge >= 0.3 is 0 Å². The molecule has 0 amide bonds. The van der Waals surface area contributed by atoms with Crippen molar-refractivity contribution in [3.05, 3.63) is 76.9 Å². The maximum atomic E-state index is 6.04. The Morgan fingerprint density at radius 1 is 1.00 bits per heavy atom. The van der Waals surface area contributed by atoms with Crippen molar-refractivity contribution in [1.82, 2.24) is 9.97 Å². The number of nitrogens with zero attached hydrogens (tertiary/aromatic N) is 3. The molecule has 1 aromatic heterocycles. The molecule has 0 saturated heterocycles. The summed E-state index contributed by atoms with van der Waals surface area (Å²) in [4.78, 5) is 11.4. The second-order valence-corrected chi connectivity index (χ2v) is 6.52. The third-order valence-electron chi connectivity index (χ3n) is 4.08. The van der Waals surface area contributed by atoms with E-state index in [9.17, 15) is 0 Å². The van der Waals surface area contributed by atoms with Crippen LogP contribution in [0.2, 0.25) is 5.02 Å². The average Bonchev–Trinajstić information content (AvgIpc) is 2.63. The first kappa shape index (κ1) is 18.2. The molecular formula is C21H23ClN4. The molecule has 0 fully saturated rings. The fourth-order valence-electron chi connectivity index (χ4n) is 2.84. The molecule has 1 N–H and O–H groups in total. The Balaban J connectivity index is 1.73. The van der Waals surface area contributed by atoms with Gasteiger partial charge in [0.05, 0.1) is 0 Å². The van der Waals surface area contributed by atoms with Gasteiger partial charge < -0.3 is 10.2 Å². The number of benzene rings is 2. The summed E-state index contributed by atoms with van der Waals surface area (Å²) >= 11 is 6.04. The Labute approximate surface area is 159 Å². The summed E-state index contributed by atoms with van der Waals surface area (Å²) in [5.74, 6) is 1.55. The number of hydrogen-bond acceptors (Lipinski definition) is 4. The lowest BCUT2D eigenvalue weighted by molar-refractivity contribution is 0.925. The van der Waals surface area contributed by atoms with E-state index in [4.69, 9.17) is 16.6 Å². The summed E-state index contributed by atoms with van der Waals surface area (Å²) < 4.78 is 0. The lowest BCUT2D eigenvalue weighted by Gasteiger charge is -2.22. The van der Waals surface area contributed by atoms with E-state index >= 15 is 0 Å². The van der Waals surface area contributed by atoms with Gasteiger partial charge in [-0.25, -0.2) is 4.98 Å². The van der Waals surface area contributed by atoms with E-state index in [0.29, 0.717) is 5.95 Å². The van der Waals surface area contributed by atoms with Gasteiger partial charge in [0.25, 0.3) is 0 Å². The van der Waals surface area contributed by atoms with Gasteiger partial charge in [0.2, 0.25) is 5.95 Å². The van der Waals surface area contributed by atoms with Crippen molar-refractivity contribution in [2.75, 3.05) is 23.3 Å². The Hall–Kier alpha value is -2.59. The zero-order chi connectivity index (χ0) is 18.4. The van der Waals surface area contributed by atoms with E-state index in [2.05, 4.69) is 40.3 Å². The van der Waals surface area contributed by atoms with Crippen molar-refractivity contribution in [3.8, 4) is 0 Å². The molecule has 0 aliphatic carbocycles. The summed E-state index contributed by atoms with van der Waals surface area (Å²) in [6.45, 7) is 5.68. The average molecular weight is 367 g/mol. The van der Waals surface area contributed by atoms with Crippen LogP contribution in [0.4, 0.5) is 17.5 Å². The molecule has 2 aromatic carbocycles. The van der Waals surface area contributed by atoms with Gasteiger partial charge in [-0.1, -0.05) is 41.9 Å². The maximum absolute atomic E-state index is 6.04. The van der Waals surface area contributed by atoms with Crippen molar-refractivity contribution >= 4 is 29.1 Å². The third-order valence-corrected chi connectivity index (χ3v) is 4.31. The van der Waals surface area contributed by atoms with E-state index in [-0.39, 0.29) is 0 Å². The molecule has 1 heterocycles. The quantitative estimate of drug-likeness (QED) is 0.620. The van der Waals surface area contributed by atoms with Gasteiger partial charge in [0, 0.05) is 35.6 Å². The first-order valence-electron chi connectivity index (χ1n) is 8.82. The second-order valence-electron chi connectivity index (χ2n) is 6.08. The minimum atomic E-state index is 0.712. The van der Waals surface area contributed by atoms with Crippen LogP contribution in [0.15, 0.2) is 60.7 Å². The van der Waals surface area contributed by atoms with Gasteiger partial charge in [0.1, 0.15) is 5.82 Å². The van der Waals surface area contributed by atoms with E-state index < -0.39 is 0 Å². The van der Waals surface area contributed by atoms with Crippen LogP contribution in [0.1, 0.15) is 18.2 Å². The van der Waals surface area contributed by atoms with Crippen LogP contribution in [-0.4, -0.2) is 23.1 Å². The van der Waals surface area contributed by atoms with Crippen molar-refractivity contribution in [3.63, 3.8) is 0 Å². The van der Waals surface area contributed by atoms with E-state index in [1.807, 2.05) is 49.4 Å². The fourth-order valence-corrected chi connectivity index (χ4v) is 3.05. The fraction of sp³-hybridized carbons (Fsp3) is 0.238. The second kappa shape index (κ2) is 8.68. The zero-order valence-electron chi connectivity index (χ0n) is 15.1. The molecule has 4 nitrogen and oxygen atoms in total. The highest BCUT2D eigenvalue weighted by atomic mass is 35.5. The van der Waals surface area contributed by atoms with Crippen molar-refractivity contribution in [1.29, 1.82) is 0 Å². The smallest absolute Gasteiger partial charge is 0.232 e. The highest BCUT2D eigenvalue weighted by molar-refractivity contribution is 6.30. The number of aryl methyl sites for hydroxylation is 1. The van der Waals surface area contributed by atoms with Crippen molar-refractivity contribution in [2.45, 2.75) is 20.3 Å². The standard InChI is InChI=1S/C21H23ClN4/c1-3-26(19-10-5-4-6-11-19)21-24-16(2)14-20(25-21)23-13-12-17-8-7-9-18(22)15-17/h4-11,14-15H,3,12-13H2,1-2H3,(H,23,24,25). The van der Waals surface area contributed by atoms with E-state index in [1.165, 1.54) is 5.56 Å². The molecule has 0 bridgehead atoms. The highest BCUT2D eigenvalue weighted by Crippen LogP contribution is 2.23. The summed E-state index contributed by atoms with van der Waals surface area (Å²) in [7, 11) is 0. The van der Waals surface area contributed by atoms with Crippen LogP contribution in [0, 0.1) is 6.92 Å². The van der Waals surface area contributed by atoms with E-state index in [1.54, 1.807) is 0 Å². The predicted octanol–water partition coefficient (Wildman–Crippen LogP) is 5.25. The minimum absolute atomic E-state index is 0.712. The number of aromatic nitrogens is 2. The minimum Gasteiger partial charge on any atom is -0.370 e. The molecule has 0 aliphatic heterocycles. The van der Waals surface area contributed by atoms with Crippen LogP contribution < -0.4 is 10.2 Å². The van der Waals surface area contributed by atoms with Crippen LogP contribution in [-0.2, 0) is 6.42 Å². The number of halogens is 1. The molecule has 3 rings (SSSR count). The van der Waals surface area contributed by atoms with Gasteiger partial charge in [-0.2, -0.15) is 4.98 Å². The SMILES string of the molecule is CCN(c1ccccc1)c1nc(C)cc(NCCc2cccc(Cl)c2)n1. The normalized spacial score (nSPS) is 10.6. The lowest BCUT2D eigenvalue weighted by atomic mass is 10.1. The maximum Gasteiger partial charge on any atom is 0.232 e. The summed E-state index contributed by atoms with van der Waals surface area (Å²) in [5.41, 5.74) is 3.23. The largest absolute Gasteiger partial charge is 0.370 e. The van der Waals surface area contributed by atoms with Crippen molar-refractivity contribution < 1.29 is 0 Å². The van der Waals surface area contributed by atoms with Crippen LogP contribution in [0.5, 0.6) is 0 Å². The highest BCUT2D eigenvalue weighted by Gasteiger charge is 2.11. The van der Waals surface area contributed by atoms with Crippen LogP contribution >= 0.6 is 11.6 Å². The Kier molecular flexibility index (Phi) is 6.08. The van der Waals surface area contributed by atoms with Crippen molar-refractivity contribution in [2.24, 2.45) is 0 Å². The first-order valence-corrected chi connectivity index (χ1v) is 9.20. The monoisotopic (exact) mass is 366 g/mol. The molecule has 3 aromatic rings. The molecule has 0 atom stereocenters. The van der Waals surface area contributed by atoms with Crippen LogP contribution in [0.25, 0.3) is 0 Å². The molecule has 0 aliphatic rings. The summed E-state index contributed by atoms with van der Waals surface area (Å²) in [5, 5.41) is 4.17. The molecule has 0 radical (unpaired) electrons. The van der Waals surface area contributed by atoms with Gasteiger partial charge in [0.15, 0.2) is 0 Å². The molecule has 0 spiro atoms. The Morgan fingerprint density at radius 3 is 2.54 bits per heavy atom. The number of rotatable bonds is 7. The molecular weight excluding hydrogens is 344 g/mol. The lowest BCUT2D eigenvalue weighted by Crippen LogP contribution is -2.20. The predicted molar refractivity (Wildman–Crippen MR) is 110 cm³/mol. The topological polar surface area (TPSA) is 41.1 Å². The van der Waals surface area contributed by atoms with Gasteiger partial charge in [-0.05, 0) is 50.1 Å². The Morgan fingerprint density at radius 2 is 1.81 bits per heavy atom. The molecule has 134 valence electrons. The molecule has 26 heavy (non-hydrogen) atoms. The van der Waals surface area contributed by atoms with E-state index in [0.717, 1.165) is 41.7 Å². The van der Waals surface area contributed by atoms with Crippen LogP contribution in [0.3, 0.4) is 0 Å². The zero-order valence-corrected chi connectivity index (χ0v) is 15.9. The Bertz CT molecular complexity index is 852. The van der Waals surface area contributed by atoms with Gasteiger partial charge in [-0.15, -0.1) is 0 Å². The van der Waals surface area contributed by atoms with Gasteiger partial charge in [-0.3, -0.25) is 0 Å². The molecule has 0 saturated carbocycles. The summed E-state index contributed by atoms with van der Waals surface area (Å²) in [6.07, 6.45) is 0.884. The molecule has 0 unspecified atom stereocenters. The third kappa shape index (κ3) is 4.73. The number of anilines is 3. The number of hydrogen-bond donors (Lipinski definition) is 1.